The third-order valence-corrected chi connectivity index (χ3v) is 2.54. The van der Waals surface area contributed by atoms with Crippen molar-refractivity contribution in [1.82, 2.24) is 15.3 Å². The van der Waals surface area contributed by atoms with Crippen molar-refractivity contribution in [2.75, 3.05) is 7.05 Å². The van der Waals surface area contributed by atoms with E-state index in [0.717, 1.165) is 21.9 Å². The van der Waals surface area contributed by atoms with E-state index < -0.39 is 0 Å². The lowest BCUT2D eigenvalue weighted by molar-refractivity contribution is 0.620. The van der Waals surface area contributed by atoms with Crippen LogP contribution in [0.1, 0.15) is 18.8 Å². The van der Waals surface area contributed by atoms with Gasteiger partial charge in [0.15, 0.2) is 0 Å². The Morgan fingerprint density at radius 1 is 1.50 bits per heavy atom. The van der Waals surface area contributed by atoms with Crippen molar-refractivity contribution in [1.29, 1.82) is 0 Å². The molecule has 0 aliphatic rings. The number of fused-ring (bicyclic) bond motifs is 1. The maximum Gasteiger partial charge on any atom is 0.124 e. The molecule has 1 heterocycles. The normalized spacial score (nSPS) is 13.4. The lowest BCUT2D eigenvalue weighted by Crippen LogP contribution is -2.13. The lowest BCUT2D eigenvalue weighted by Gasteiger charge is -2.04. The molecule has 2 N–H and O–H groups in total. The van der Waals surface area contributed by atoms with E-state index in [9.17, 15) is 0 Å². The molecule has 0 saturated carbocycles. The fraction of sp³-hybridized carbons (Fsp3) is 0.300. The van der Waals surface area contributed by atoms with Crippen LogP contribution < -0.4 is 5.32 Å². The quantitative estimate of drug-likeness (QED) is 0.798. The highest BCUT2D eigenvalue weighted by Gasteiger charge is 2.08. The largest absolute Gasteiger partial charge is 0.341 e. The van der Waals surface area contributed by atoms with Gasteiger partial charge in [-0.25, -0.2) is 4.98 Å². The number of nitrogens with one attached hydrogen (secondary N) is 2. The average Bonchev–Trinajstić information content (AvgIpc) is 2.59. The second-order valence-corrected chi connectivity index (χ2v) is 3.73. The van der Waals surface area contributed by atoms with Crippen molar-refractivity contribution in [3.63, 3.8) is 0 Å². The Labute approximate surface area is 87.5 Å². The van der Waals surface area contributed by atoms with Gasteiger partial charge < -0.3 is 10.3 Å². The van der Waals surface area contributed by atoms with Crippen LogP contribution in [0.15, 0.2) is 18.2 Å². The van der Waals surface area contributed by atoms with Gasteiger partial charge in [0.25, 0.3) is 0 Å². The molecular weight excluding hydrogens is 198 g/mol. The topological polar surface area (TPSA) is 40.7 Å². The highest BCUT2D eigenvalue weighted by atomic mass is 35.5. The zero-order chi connectivity index (χ0) is 10.1. The number of imidazole rings is 1. The summed E-state index contributed by atoms with van der Waals surface area (Å²) in [4.78, 5) is 7.68. The van der Waals surface area contributed by atoms with Gasteiger partial charge in [0.05, 0.1) is 17.1 Å². The second-order valence-electron chi connectivity index (χ2n) is 3.29. The van der Waals surface area contributed by atoms with E-state index >= 15 is 0 Å². The summed E-state index contributed by atoms with van der Waals surface area (Å²) in [7, 11) is 1.91. The van der Waals surface area contributed by atoms with Gasteiger partial charge in [0.2, 0.25) is 0 Å². The third-order valence-electron chi connectivity index (χ3n) is 2.31. The minimum atomic E-state index is 0.223. The standard InChI is InChI=1S/C10H12ClN3/c1-6(12-2)10-13-8-4-3-7(11)5-9(8)14-10/h3-6,12H,1-2H3,(H,13,14)/t6-/m1/s1. The van der Waals surface area contributed by atoms with Crippen LogP contribution in [-0.2, 0) is 0 Å². The first-order valence-corrected chi connectivity index (χ1v) is 4.91. The minimum Gasteiger partial charge on any atom is -0.341 e. The molecule has 0 aliphatic carbocycles. The monoisotopic (exact) mass is 209 g/mol. The molecule has 0 saturated heterocycles. The van der Waals surface area contributed by atoms with Crippen LogP contribution >= 0.6 is 11.6 Å². The number of H-pyrrole nitrogens is 1. The van der Waals surface area contributed by atoms with Gasteiger partial charge in [0.1, 0.15) is 5.82 Å². The molecular formula is C10H12ClN3. The Morgan fingerprint density at radius 3 is 3.00 bits per heavy atom. The number of aromatic nitrogens is 2. The van der Waals surface area contributed by atoms with E-state index in [1.54, 1.807) is 0 Å². The van der Waals surface area contributed by atoms with Gasteiger partial charge in [-0.2, -0.15) is 0 Å². The minimum absolute atomic E-state index is 0.223. The fourth-order valence-electron chi connectivity index (χ4n) is 1.34. The van der Waals surface area contributed by atoms with Crippen LogP contribution in [0.25, 0.3) is 11.0 Å². The van der Waals surface area contributed by atoms with E-state index in [-0.39, 0.29) is 6.04 Å². The predicted octanol–water partition coefficient (Wildman–Crippen LogP) is 2.50. The Bertz CT molecular complexity index is 450. The van der Waals surface area contributed by atoms with Crippen LogP contribution in [0.4, 0.5) is 0 Å². The number of rotatable bonds is 2. The summed E-state index contributed by atoms with van der Waals surface area (Å²) >= 11 is 5.88. The van der Waals surface area contributed by atoms with Crippen molar-refractivity contribution in [3.05, 3.63) is 29.0 Å². The number of hydrogen-bond acceptors (Lipinski definition) is 2. The molecule has 14 heavy (non-hydrogen) atoms. The summed E-state index contributed by atoms with van der Waals surface area (Å²) in [6, 6.07) is 5.87. The van der Waals surface area contributed by atoms with Gasteiger partial charge >= 0.3 is 0 Å². The summed E-state index contributed by atoms with van der Waals surface area (Å²) < 4.78 is 0. The fourth-order valence-corrected chi connectivity index (χ4v) is 1.52. The zero-order valence-corrected chi connectivity index (χ0v) is 8.89. The first kappa shape index (κ1) is 9.49. The molecule has 2 aromatic rings. The van der Waals surface area contributed by atoms with E-state index in [4.69, 9.17) is 11.6 Å². The highest BCUT2D eigenvalue weighted by Crippen LogP contribution is 2.19. The van der Waals surface area contributed by atoms with Crippen molar-refractivity contribution in [3.8, 4) is 0 Å². The van der Waals surface area contributed by atoms with E-state index in [1.165, 1.54) is 0 Å². The SMILES string of the molecule is CN[C@H](C)c1nc2ccc(Cl)cc2[nH]1. The molecule has 3 nitrogen and oxygen atoms in total. The predicted molar refractivity (Wildman–Crippen MR) is 58.6 cm³/mol. The van der Waals surface area contributed by atoms with Gasteiger partial charge in [-0.3, -0.25) is 0 Å². The van der Waals surface area contributed by atoms with Crippen molar-refractivity contribution >= 4 is 22.6 Å². The van der Waals surface area contributed by atoms with Crippen molar-refractivity contribution in [2.45, 2.75) is 13.0 Å². The first-order chi connectivity index (χ1) is 6.70. The van der Waals surface area contributed by atoms with Crippen LogP contribution in [0.3, 0.4) is 0 Å². The third kappa shape index (κ3) is 1.61. The lowest BCUT2D eigenvalue weighted by atomic mass is 10.3. The molecule has 0 bridgehead atoms. The molecule has 0 unspecified atom stereocenters. The molecule has 0 fully saturated rings. The first-order valence-electron chi connectivity index (χ1n) is 4.53. The summed E-state index contributed by atoms with van der Waals surface area (Å²) in [5.74, 6) is 0.935. The number of benzene rings is 1. The van der Waals surface area contributed by atoms with Gasteiger partial charge in [-0.15, -0.1) is 0 Å². The second kappa shape index (κ2) is 3.59. The number of aromatic amines is 1. The molecule has 1 aromatic heterocycles. The van der Waals surface area contributed by atoms with E-state index in [2.05, 4.69) is 22.2 Å². The summed E-state index contributed by atoms with van der Waals surface area (Å²) in [6.07, 6.45) is 0. The molecule has 0 spiro atoms. The number of hydrogen-bond donors (Lipinski definition) is 2. The summed E-state index contributed by atoms with van der Waals surface area (Å²) in [5, 5.41) is 3.86. The smallest absolute Gasteiger partial charge is 0.124 e. The van der Waals surface area contributed by atoms with Crippen LogP contribution in [-0.4, -0.2) is 17.0 Å². The maximum absolute atomic E-state index is 5.88. The molecule has 1 atom stereocenters. The molecule has 2 rings (SSSR count). The Balaban J connectivity index is 2.51. The highest BCUT2D eigenvalue weighted by molar-refractivity contribution is 6.31. The molecule has 0 radical (unpaired) electrons. The summed E-state index contributed by atoms with van der Waals surface area (Å²) in [5.41, 5.74) is 1.93. The Morgan fingerprint density at radius 2 is 2.29 bits per heavy atom. The molecule has 1 aromatic carbocycles. The number of nitrogens with zero attached hydrogens (tertiary/aromatic N) is 1. The number of halogens is 1. The van der Waals surface area contributed by atoms with Crippen molar-refractivity contribution < 1.29 is 0 Å². The molecule has 4 heteroatoms. The van der Waals surface area contributed by atoms with E-state index in [1.807, 2.05) is 25.2 Å². The molecule has 74 valence electrons. The van der Waals surface area contributed by atoms with Gasteiger partial charge in [0, 0.05) is 5.02 Å². The molecule has 0 aliphatic heterocycles. The average molecular weight is 210 g/mol. The maximum atomic E-state index is 5.88. The van der Waals surface area contributed by atoms with Gasteiger partial charge in [-0.05, 0) is 32.2 Å². The summed E-state index contributed by atoms with van der Waals surface area (Å²) in [6.45, 7) is 2.05. The van der Waals surface area contributed by atoms with Crippen LogP contribution in [0.2, 0.25) is 5.02 Å². The van der Waals surface area contributed by atoms with Crippen molar-refractivity contribution in [2.24, 2.45) is 0 Å². The van der Waals surface area contributed by atoms with Gasteiger partial charge in [-0.1, -0.05) is 11.6 Å². The Kier molecular flexibility index (Phi) is 2.44. The van der Waals surface area contributed by atoms with Crippen LogP contribution in [0, 0.1) is 0 Å². The van der Waals surface area contributed by atoms with E-state index in [0.29, 0.717) is 0 Å². The zero-order valence-electron chi connectivity index (χ0n) is 8.13. The molecule has 0 amide bonds. The van der Waals surface area contributed by atoms with Crippen LogP contribution in [0.5, 0.6) is 0 Å². The Hall–Kier alpha value is -1.06.